The summed E-state index contributed by atoms with van der Waals surface area (Å²) in [5.74, 6) is 0. The summed E-state index contributed by atoms with van der Waals surface area (Å²) in [7, 11) is -3.52. The van der Waals surface area contributed by atoms with E-state index in [9.17, 15) is 19.2 Å². The van der Waals surface area contributed by atoms with E-state index in [-0.39, 0.29) is 4.21 Å². The standard InChI is InChI=1S/C19H24N4O4S2/c1-19(2,26)17-21-9-14(28-17)29(20,27)23-18(25)22-16-12-5-3-4-10(12)8-11-6-7-13(24)15(11)16/h8-9,13,24,26H,3-7H2,1-2H3,(H3,20,22,23,25,27)/t13-,29+/m1/s1. The zero-order chi connectivity index (χ0) is 21.0. The highest BCUT2D eigenvalue weighted by atomic mass is 32.2. The second kappa shape index (κ2) is 7.13. The molecule has 0 fully saturated rings. The third-order valence-corrected chi connectivity index (χ3v) is 8.48. The average Bonchev–Trinajstić information content (AvgIpc) is 3.33. The van der Waals surface area contributed by atoms with Crippen LogP contribution >= 0.6 is 11.3 Å². The number of amides is 2. The molecule has 0 aliphatic heterocycles. The van der Waals surface area contributed by atoms with Crippen LogP contribution in [0.25, 0.3) is 0 Å². The zero-order valence-corrected chi connectivity index (χ0v) is 17.9. The van der Waals surface area contributed by atoms with Crippen LogP contribution in [0.1, 0.15) is 60.1 Å². The fourth-order valence-corrected chi connectivity index (χ4v) is 6.03. The van der Waals surface area contributed by atoms with Gasteiger partial charge in [-0.25, -0.2) is 19.1 Å². The fraction of sp³-hybridized carbons (Fsp3) is 0.474. The molecule has 2 amide bonds. The number of aromatic nitrogens is 1. The Morgan fingerprint density at radius 3 is 2.83 bits per heavy atom. The van der Waals surface area contributed by atoms with E-state index in [0.717, 1.165) is 53.7 Å². The summed E-state index contributed by atoms with van der Waals surface area (Å²) in [6, 6.07) is 1.31. The molecule has 2 aliphatic rings. The summed E-state index contributed by atoms with van der Waals surface area (Å²) in [6.07, 6.45) is 4.76. The number of fused-ring (bicyclic) bond motifs is 2. The van der Waals surface area contributed by atoms with Crippen molar-refractivity contribution in [2.45, 2.75) is 61.9 Å². The Kier molecular flexibility index (Phi) is 5.02. The first-order chi connectivity index (χ1) is 13.6. The molecule has 2 aliphatic carbocycles. The number of nitrogens with zero attached hydrogens (tertiary/aromatic N) is 2. The highest BCUT2D eigenvalue weighted by Crippen LogP contribution is 2.43. The Morgan fingerprint density at radius 1 is 1.38 bits per heavy atom. The Bertz CT molecular complexity index is 1110. The minimum absolute atomic E-state index is 0.119. The maximum Gasteiger partial charge on any atom is 0.354 e. The number of nitrogens with one attached hydrogen (secondary N) is 1. The number of urea groups is 1. The molecule has 0 radical (unpaired) electrons. The molecule has 0 unspecified atom stereocenters. The Labute approximate surface area is 173 Å². The lowest BCUT2D eigenvalue weighted by atomic mass is 9.98. The van der Waals surface area contributed by atoms with Gasteiger partial charge in [0, 0.05) is 5.56 Å². The van der Waals surface area contributed by atoms with Gasteiger partial charge in [-0.15, -0.1) is 15.7 Å². The van der Waals surface area contributed by atoms with Crippen LogP contribution in [0.2, 0.25) is 0 Å². The van der Waals surface area contributed by atoms with Gasteiger partial charge in [-0.05, 0) is 62.6 Å². The van der Waals surface area contributed by atoms with E-state index in [0.29, 0.717) is 17.1 Å². The van der Waals surface area contributed by atoms with Crippen molar-refractivity contribution < 1.29 is 19.2 Å². The molecule has 29 heavy (non-hydrogen) atoms. The predicted molar refractivity (Wildman–Crippen MR) is 111 cm³/mol. The maximum absolute atomic E-state index is 12.9. The molecule has 0 spiro atoms. The number of thiazole rings is 1. The SMILES string of the molecule is CC(C)(O)c1ncc([S@@](N)(=O)=NC(=O)Nc2c3c(cc4c2[C@H](O)CC4)CCC3)s1. The second-order valence-corrected chi connectivity index (χ2v) is 11.1. The molecule has 5 N–H and O–H groups in total. The van der Waals surface area contributed by atoms with Crippen molar-refractivity contribution in [3.63, 3.8) is 0 Å². The molecule has 0 saturated heterocycles. The van der Waals surface area contributed by atoms with Crippen molar-refractivity contribution in [3.8, 4) is 0 Å². The number of benzene rings is 1. The lowest BCUT2D eigenvalue weighted by Crippen LogP contribution is -2.18. The normalized spacial score (nSPS) is 20.1. The maximum atomic E-state index is 12.9. The number of aliphatic hydroxyl groups excluding tert-OH is 1. The van der Waals surface area contributed by atoms with Crippen LogP contribution in [0, 0.1) is 0 Å². The highest BCUT2D eigenvalue weighted by Gasteiger charge is 2.30. The molecule has 4 rings (SSSR count). The number of rotatable bonds is 3. The minimum Gasteiger partial charge on any atom is -0.388 e. The molecule has 8 nitrogen and oxygen atoms in total. The summed E-state index contributed by atoms with van der Waals surface area (Å²) >= 11 is 0.960. The number of carbonyl (C=O) groups is 1. The van der Waals surface area contributed by atoms with Crippen LogP contribution in [0.15, 0.2) is 20.8 Å². The van der Waals surface area contributed by atoms with Crippen molar-refractivity contribution in [3.05, 3.63) is 39.5 Å². The summed E-state index contributed by atoms with van der Waals surface area (Å²) in [5, 5.41) is 29.4. The summed E-state index contributed by atoms with van der Waals surface area (Å²) in [4.78, 5) is 16.7. The molecule has 1 aromatic carbocycles. The number of aliphatic hydroxyl groups is 2. The first-order valence-electron chi connectivity index (χ1n) is 9.46. The summed E-state index contributed by atoms with van der Waals surface area (Å²) in [6.45, 7) is 3.11. The van der Waals surface area contributed by atoms with E-state index in [1.807, 2.05) is 0 Å². The van der Waals surface area contributed by atoms with Crippen LogP contribution in [-0.2, 0) is 34.8 Å². The molecular formula is C19H24N4O4S2. The van der Waals surface area contributed by atoms with Crippen LogP contribution in [0.3, 0.4) is 0 Å². The predicted octanol–water partition coefficient (Wildman–Crippen LogP) is 2.77. The molecule has 1 aromatic heterocycles. The van der Waals surface area contributed by atoms with E-state index in [2.05, 4.69) is 20.7 Å². The van der Waals surface area contributed by atoms with Crippen LogP contribution in [0.5, 0.6) is 0 Å². The van der Waals surface area contributed by atoms with Gasteiger partial charge in [0.1, 0.15) is 14.8 Å². The van der Waals surface area contributed by atoms with Gasteiger partial charge in [-0.1, -0.05) is 6.07 Å². The number of aryl methyl sites for hydroxylation is 2. The molecule has 0 bridgehead atoms. The smallest absolute Gasteiger partial charge is 0.354 e. The highest BCUT2D eigenvalue weighted by molar-refractivity contribution is 7.93. The van der Waals surface area contributed by atoms with Gasteiger partial charge in [-0.2, -0.15) is 0 Å². The zero-order valence-electron chi connectivity index (χ0n) is 16.3. The van der Waals surface area contributed by atoms with E-state index in [1.165, 1.54) is 11.8 Å². The number of carbonyl (C=O) groups excluding carboxylic acids is 1. The Balaban J connectivity index is 1.67. The van der Waals surface area contributed by atoms with Gasteiger partial charge in [0.15, 0.2) is 9.92 Å². The van der Waals surface area contributed by atoms with E-state index >= 15 is 0 Å². The number of anilines is 1. The van der Waals surface area contributed by atoms with E-state index in [4.69, 9.17) is 5.14 Å². The second-order valence-electron chi connectivity index (χ2n) is 8.00. The van der Waals surface area contributed by atoms with Gasteiger partial charge in [0.25, 0.3) is 0 Å². The van der Waals surface area contributed by atoms with Crippen molar-refractivity contribution >= 4 is 33.0 Å². The Hall–Kier alpha value is -1.85. The lowest BCUT2D eigenvalue weighted by Gasteiger charge is -2.17. The number of nitrogens with two attached hydrogens (primary N) is 1. The minimum atomic E-state index is -3.52. The molecule has 2 atom stereocenters. The van der Waals surface area contributed by atoms with Crippen LogP contribution < -0.4 is 10.5 Å². The van der Waals surface area contributed by atoms with Crippen molar-refractivity contribution in [2.24, 2.45) is 9.50 Å². The van der Waals surface area contributed by atoms with Crippen LogP contribution in [0.4, 0.5) is 10.5 Å². The number of hydrogen-bond donors (Lipinski definition) is 4. The fourth-order valence-electron chi connectivity index (χ4n) is 3.97. The van der Waals surface area contributed by atoms with Gasteiger partial charge >= 0.3 is 6.03 Å². The molecule has 10 heteroatoms. The van der Waals surface area contributed by atoms with E-state index < -0.39 is 27.7 Å². The molecule has 0 saturated carbocycles. The molecule has 156 valence electrons. The van der Waals surface area contributed by atoms with E-state index in [1.54, 1.807) is 13.8 Å². The Morgan fingerprint density at radius 2 is 2.14 bits per heavy atom. The average molecular weight is 437 g/mol. The van der Waals surface area contributed by atoms with Crippen LogP contribution in [-0.4, -0.2) is 25.4 Å². The lowest BCUT2D eigenvalue weighted by molar-refractivity contribution is 0.0783. The van der Waals surface area contributed by atoms with Gasteiger partial charge in [0.2, 0.25) is 0 Å². The quantitative estimate of drug-likeness (QED) is 0.586. The van der Waals surface area contributed by atoms with Gasteiger partial charge in [0.05, 0.1) is 18.0 Å². The summed E-state index contributed by atoms with van der Waals surface area (Å²) in [5.41, 5.74) is 3.35. The van der Waals surface area contributed by atoms with Crippen molar-refractivity contribution in [1.82, 2.24) is 4.98 Å². The molecular weight excluding hydrogens is 412 g/mol. The van der Waals surface area contributed by atoms with Crippen molar-refractivity contribution in [2.75, 3.05) is 5.32 Å². The van der Waals surface area contributed by atoms with Gasteiger partial charge < -0.3 is 15.5 Å². The number of hydrogen-bond acceptors (Lipinski definition) is 6. The monoisotopic (exact) mass is 436 g/mol. The third-order valence-electron chi connectivity index (χ3n) is 5.29. The topological polar surface area (TPSA) is 138 Å². The largest absolute Gasteiger partial charge is 0.388 e. The third kappa shape index (κ3) is 3.82. The first kappa shape index (κ1) is 20.4. The molecule has 2 aromatic rings. The van der Waals surface area contributed by atoms with Crippen molar-refractivity contribution in [1.29, 1.82) is 0 Å². The summed E-state index contributed by atoms with van der Waals surface area (Å²) < 4.78 is 16.7. The first-order valence-corrected chi connectivity index (χ1v) is 11.9. The van der Waals surface area contributed by atoms with Gasteiger partial charge in [-0.3, -0.25) is 0 Å². The molecule has 1 heterocycles.